The fourth-order valence-electron chi connectivity index (χ4n) is 1.76. The summed E-state index contributed by atoms with van der Waals surface area (Å²) in [5.41, 5.74) is 2.40. The van der Waals surface area contributed by atoms with E-state index in [2.05, 4.69) is 10.4 Å². The van der Waals surface area contributed by atoms with Gasteiger partial charge in [-0.1, -0.05) is 42.5 Å². The molecular weight excluding hydrogens is 261 g/mol. The zero-order chi connectivity index (χ0) is 12.3. The number of anilines is 1. The summed E-state index contributed by atoms with van der Waals surface area (Å²) in [4.78, 5) is 4.11. The minimum atomic E-state index is 0.370. The minimum absolute atomic E-state index is 0.370. The Morgan fingerprint density at radius 2 is 2.18 bits per heavy atom. The molecule has 2 rings (SSSR count). The number of rotatable bonds is 5. The van der Waals surface area contributed by atoms with Crippen molar-refractivity contribution in [3.63, 3.8) is 0 Å². The highest BCUT2D eigenvalue weighted by Crippen LogP contribution is 2.32. The SMILES string of the molecule is NNc1nc(OCCC2CCC2)c(Cl)cc1Cl. The van der Waals surface area contributed by atoms with Crippen molar-refractivity contribution < 1.29 is 4.74 Å². The summed E-state index contributed by atoms with van der Waals surface area (Å²) in [6.07, 6.45) is 5.00. The monoisotopic (exact) mass is 275 g/mol. The molecule has 94 valence electrons. The first-order valence-electron chi connectivity index (χ1n) is 5.66. The predicted octanol–water partition coefficient (Wildman–Crippen LogP) is 3.24. The number of pyridine rings is 1. The lowest BCUT2D eigenvalue weighted by Crippen LogP contribution is -2.15. The molecule has 0 saturated heterocycles. The first-order chi connectivity index (χ1) is 8.20. The number of nitrogens with zero attached hydrogens (tertiary/aromatic N) is 1. The molecule has 4 nitrogen and oxygen atoms in total. The van der Waals surface area contributed by atoms with Gasteiger partial charge in [0.2, 0.25) is 5.88 Å². The Morgan fingerprint density at radius 1 is 1.41 bits per heavy atom. The highest BCUT2D eigenvalue weighted by molar-refractivity contribution is 6.36. The minimum Gasteiger partial charge on any atom is -0.477 e. The molecule has 1 aromatic heterocycles. The fraction of sp³-hybridized carbons (Fsp3) is 0.545. The van der Waals surface area contributed by atoms with Gasteiger partial charge in [-0.2, -0.15) is 4.98 Å². The summed E-state index contributed by atoms with van der Waals surface area (Å²) in [7, 11) is 0. The molecule has 0 unspecified atom stereocenters. The highest BCUT2D eigenvalue weighted by Gasteiger charge is 2.17. The number of hydrogen-bond donors (Lipinski definition) is 2. The molecule has 3 N–H and O–H groups in total. The van der Waals surface area contributed by atoms with E-state index in [0.717, 1.165) is 12.3 Å². The summed E-state index contributed by atoms with van der Waals surface area (Å²) >= 11 is 11.9. The number of hydrogen-bond acceptors (Lipinski definition) is 4. The second kappa shape index (κ2) is 5.76. The molecule has 1 heterocycles. The van der Waals surface area contributed by atoms with Crippen LogP contribution in [0.25, 0.3) is 0 Å². The number of ether oxygens (including phenoxy) is 1. The van der Waals surface area contributed by atoms with Crippen molar-refractivity contribution in [3.05, 3.63) is 16.1 Å². The van der Waals surface area contributed by atoms with Crippen molar-refractivity contribution in [2.75, 3.05) is 12.0 Å². The molecule has 1 saturated carbocycles. The van der Waals surface area contributed by atoms with E-state index in [1.165, 1.54) is 19.3 Å². The molecule has 1 aliphatic carbocycles. The first kappa shape index (κ1) is 12.7. The van der Waals surface area contributed by atoms with Gasteiger partial charge in [-0.05, 0) is 18.4 Å². The van der Waals surface area contributed by atoms with Crippen LogP contribution in [-0.4, -0.2) is 11.6 Å². The largest absolute Gasteiger partial charge is 0.477 e. The maximum atomic E-state index is 5.98. The molecular formula is C11H15Cl2N3O. The van der Waals surface area contributed by atoms with E-state index in [1.54, 1.807) is 6.07 Å². The second-order valence-electron chi connectivity index (χ2n) is 4.18. The summed E-state index contributed by atoms with van der Waals surface area (Å²) in [5.74, 6) is 6.83. The van der Waals surface area contributed by atoms with Crippen LogP contribution in [0.4, 0.5) is 5.82 Å². The lowest BCUT2D eigenvalue weighted by atomic mass is 9.83. The van der Waals surface area contributed by atoms with Crippen molar-refractivity contribution >= 4 is 29.0 Å². The van der Waals surface area contributed by atoms with E-state index in [1.807, 2.05) is 0 Å². The Bertz CT molecular complexity index is 397. The van der Waals surface area contributed by atoms with Gasteiger partial charge in [-0.25, -0.2) is 5.84 Å². The molecule has 0 atom stereocenters. The number of aromatic nitrogens is 1. The quantitative estimate of drug-likeness (QED) is 0.640. The van der Waals surface area contributed by atoms with Crippen LogP contribution in [-0.2, 0) is 0 Å². The third-order valence-corrected chi connectivity index (χ3v) is 3.58. The maximum Gasteiger partial charge on any atom is 0.234 e. The van der Waals surface area contributed by atoms with Crippen LogP contribution in [0.5, 0.6) is 5.88 Å². The molecule has 0 spiro atoms. The van der Waals surface area contributed by atoms with Crippen LogP contribution in [0.15, 0.2) is 6.07 Å². The van der Waals surface area contributed by atoms with Crippen LogP contribution < -0.4 is 16.0 Å². The van der Waals surface area contributed by atoms with E-state index in [9.17, 15) is 0 Å². The number of nitrogens with one attached hydrogen (secondary N) is 1. The van der Waals surface area contributed by atoms with Crippen LogP contribution >= 0.6 is 23.2 Å². The Labute approximate surface area is 110 Å². The van der Waals surface area contributed by atoms with Crippen molar-refractivity contribution in [3.8, 4) is 5.88 Å². The molecule has 0 radical (unpaired) electrons. The molecule has 0 aromatic carbocycles. The third kappa shape index (κ3) is 3.15. The van der Waals surface area contributed by atoms with Gasteiger partial charge in [-0.15, -0.1) is 0 Å². The smallest absolute Gasteiger partial charge is 0.234 e. The summed E-state index contributed by atoms with van der Waals surface area (Å²) in [6.45, 7) is 0.628. The standard InChI is InChI=1S/C11H15Cl2N3O/c12-8-6-9(13)11(15-10(8)16-14)17-5-4-7-2-1-3-7/h6-7H,1-5,14H2,(H,15,16). The fourth-order valence-corrected chi connectivity index (χ4v) is 2.22. The van der Waals surface area contributed by atoms with Crippen LogP contribution in [0.1, 0.15) is 25.7 Å². The van der Waals surface area contributed by atoms with Crippen LogP contribution in [0.3, 0.4) is 0 Å². The van der Waals surface area contributed by atoms with Gasteiger partial charge in [0.05, 0.1) is 11.6 Å². The number of halogens is 2. The van der Waals surface area contributed by atoms with Gasteiger partial charge in [0.1, 0.15) is 5.02 Å². The van der Waals surface area contributed by atoms with Gasteiger partial charge in [0, 0.05) is 0 Å². The lowest BCUT2D eigenvalue weighted by Gasteiger charge is -2.24. The zero-order valence-corrected chi connectivity index (χ0v) is 10.9. The summed E-state index contributed by atoms with van der Waals surface area (Å²) in [6, 6.07) is 1.57. The molecule has 1 aliphatic rings. The Morgan fingerprint density at radius 3 is 2.76 bits per heavy atom. The number of nitrogen functional groups attached to an aromatic ring is 1. The summed E-state index contributed by atoms with van der Waals surface area (Å²) in [5, 5.41) is 0.784. The van der Waals surface area contributed by atoms with Gasteiger partial charge in [0.15, 0.2) is 5.82 Å². The van der Waals surface area contributed by atoms with E-state index in [0.29, 0.717) is 28.3 Å². The Hall–Kier alpha value is -0.710. The molecule has 1 fully saturated rings. The Balaban J connectivity index is 1.94. The topological polar surface area (TPSA) is 60.2 Å². The second-order valence-corrected chi connectivity index (χ2v) is 5.00. The average molecular weight is 276 g/mol. The van der Waals surface area contributed by atoms with E-state index >= 15 is 0 Å². The van der Waals surface area contributed by atoms with Gasteiger partial charge in [-0.3, -0.25) is 0 Å². The molecule has 1 aromatic rings. The van der Waals surface area contributed by atoms with Gasteiger partial charge < -0.3 is 10.2 Å². The summed E-state index contributed by atoms with van der Waals surface area (Å²) < 4.78 is 5.54. The lowest BCUT2D eigenvalue weighted by molar-refractivity contribution is 0.217. The van der Waals surface area contributed by atoms with E-state index in [-0.39, 0.29) is 0 Å². The van der Waals surface area contributed by atoms with E-state index in [4.69, 9.17) is 33.8 Å². The normalized spacial score (nSPS) is 15.5. The maximum absolute atomic E-state index is 5.98. The Kier molecular flexibility index (Phi) is 4.31. The molecule has 0 bridgehead atoms. The molecule has 6 heteroatoms. The van der Waals surface area contributed by atoms with Crippen molar-refractivity contribution in [2.45, 2.75) is 25.7 Å². The average Bonchev–Trinajstić information content (AvgIpc) is 2.24. The van der Waals surface area contributed by atoms with Crippen molar-refractivity contribution in [2.24, 2.45) is 11.8 Å². The van der Waals surface area contributed by atoms with Crippen LogP contribution in [0.2, 0.25) is 10.0 Å². The first-order valence-corrected chi connectivity index (χ1v) is 6.41. The van der Waals surface area contributed by atoms with Crippen LogP contribution in [0, 0.1) is 5.92 Å². The van der Waals surface area contributed by atoms with Crippen molar-refractivity contribution in [1.82, 2.24) is 4.98 Å². The predicted molar refractivity (Wildman–Crippen MR) is 69.5 cm³/mol. The van der Waals surface area contributed by atoms with Gasteiger partial charge in [0.25, 0.3) is 0 Å². The highest BCUT2D eigenvalue weighted by atomic mass is 35.5. The zero-order valence-electron chi connectivity index (χ0n) is 9.38. The molecule has 17 heavy (non-hydrogen) atoms. The molecule has 0 aliphatic heterocycles. The number of hydrazine groups is 1. The number of nitrogens with two attached hydrogens (primary N) is 1. The van der Waals surface area contributed by atoms with Gasteiger partial charge >= 0.3 is 0 Å². The van der Waals surface area contributed by atoms with Crippen molar-refractivity contribution in [1.29, 1.82) is 0 Å². The van der Waals surface area contributed by atoms with E-state index < -0.39 is 0 Å². The third-order valence-electron chi connectivity index (χ3n) is 3.02. The molecule has 0 amide bonds.